The number of halogens is 1. The van der Waals surface area contributed by atoms with E-state index in [1.807, 2.05) is 18.2 Å². The number of aromatic nitrogens is 1. The molecule has 0 atom stereocenters. The zero-order chi connectivity index (χ0) is 21.3. The quantitative estimate of drug-likeness (QED) is 0.435. The molecule has 2 N–H and O–H groups in total. The molecule has 0 radical (unpaired) electrons. The van der Waals surface area contributed by atoms with Crippen molar-refractivity contribution in [1.29, 1.82) is 0 Å². The van der Waals surface area contributed by atoms with Crippen LogP contribution >= 0.6 is 11.6 Å². The summed E-state index contributed by atoms with van der Waals surface area (Å²) in [5.74, 6) is -1.34. The van der Waals surface area contributed by atoms with Crippen LogP contribution in [0.2, 0.25) is 5.02 Å². The average Bonchev–Trinajstić information content (AvgIpc) is 3.03. The second kappa shape index (κ2) is 7.93. The molecule has 0 aliphatic heterocycles. The number of hydrogen-bond donors (Lipinski definition) is 2. The molecule has 1 aromatic heterocycles. The molecule has 4 aromatic rings. The number of ether oxygens (including phenoxy) is 1. The van der Waals surface area contributed by atoms with E-state index in [1.165, 1.54) is 0 Å². The number of rotatable bonds is 6. The predicted octanol–water partition coefficient (Wildman–Crippen LogP) is 5.40. The fourth-order valence-corrected chi connectivity index (χ4v) is 3.57. The van der Waals surface area contributed by atoms with Gasteiger partial charge in [-0.15, -0.1) is 0 Å². The molecule has 0 saturated carbocycles. The lowest BCUT2D eigenvalue weighted by Crippen LogP contribution is -2.11. The standard InChI is InChI=1S/C23H16ClNO5/c24-14-6-8-16(9-7-14)30-17-10-11-19-18(12-17)22(23(28)29)20(13-21(26)27)25(19)15-4-2-1-3-5-15/h1-12H,13H2,(H,26,27)(H,28,29). The number of fused-ring (bicyclic) bond motifs is 1. The molecule has 1 heterocycles. The van der Waals surface area contributed by atoms with Gasteiger partial charge in [0.05, 0.1) is 17.5 Å². The summed E-state index contributed by atoms with van der Waals surface area (Å²) < 4.78 is 7.50. The van der Waals surface area contributed by atoms with Crippen molar-refractivity contribution in [2.24, 2.45) is 0 Å². The van der Waals surface area contributed by atoms with Gasteiger partial charge in [0.15, 0.2) is 0 Å². The topological polar surface area (TPSA) is 88.8 Å². The summed E-state index contributed by atoms with van der Waals surface area (Å²) in [5, 5.41) is 20.3. The van der Waals surface area contributed by atoms with E-state index >= 15 is 0 Å². The van der Waals surface area contributed by atoms with Gasteiger partial charge in [-0.25, -0.2) is 4.79 Å². The van der Waals surface area contributed by atoms with Crippen molar-refractivity contribution < 1.29 is 24.5 Å². The summed E-state index contributed by atoms with van der Waals surface area (Å²) in [6, 6.07) is 20.9. The largest absolute Gasteiger partial charge is 0.481 e. The molecular formula is C23H16ClNO5. The molecule has 150 valence electrons. The lowest BCUT2D eigenvalue weighted by molar-refractivity contribution is -0.136. The number of aromatic carboxylic acids is 1. The van der Waals surface area contributed by atoms with E-state index in [-0.39, 0.29) is 11.3 Å². The number of benzene rings is 3. The second-order valence-electron chi connectivity index (χ2n) is 6.60. The average molecular weight is 422 g/mol. The maximum absolute atomic E-state index is 12.1. The number of nitrogens with zero attached hydrogens (tertiary/aromatic N) is 1. The highest BCUT2D eigenvalue weighted by atomic mass is 35.5. The van der Waals surface area contributed by atoms with E-state index in [2.05, 4.69) is 0 Å². The number of carbonyl (C=O) groups is 2. The molecule has 0 amide bonds. The summed E-state index contributed by atoms with van der Waals surface area (Å²) in [7, 11) is 0. The smallest absolute Gasteiger partial charge is 0.338 e. The van der Waals surface area contributed by atoms with Crippen LogP contribution in [0, 0.1) is 0 Å². The molecule has 0 aliphatic carbocycles. The minimum Gasteiger partial charge on any atom is -0.481 e. The normalized spacial score (nSPS) is 10.8. The molecule has 3 aromatic carbocycles. The Kier molecular flexibility index (Phi) is 5.16. The Labute approximate surface area is 176 Å². The van der Waals surface area contributed by atoms with Gasteiger partial charge in [0.2, 0.25) is 0 Å². The van der Waals surface area contributed by atoms with Crippen LogP contribution in [-0.4, -0.2) is 26.7 Å². The molecular weight excluding hydrogens is 406 g/mol. The van der Waals surface area contributed by atoms with E-state index < -0.39 is 18.4 Å². The predicted molar refractivity (Wildman–Crippen MR) is 113 cm³/mol. The van der Waals surface area contributed by atoms with Crippen molar-refractivity contribution in [3.8, 4) is 17.2 Å². The fourth-order valence-electron chi connectivity index (χ4n) is 3.45. The number of para-hydroxylation sites is 1. The van der Waals surface area contributed by atoms with Crippen LogP contribution in [0.1, 0.15) is 16.1 Å². The van der Waals surface area contributed by atoms with E-state index in [9.17, 15) is 19.8 Å². The van der Waals surface area contributed by atoms with Crippen molar-refractivity contribution in [3.05, 3.63) is 89.1 Å². The molecule has 0 spiro atoms. The van der Waals surface area contributed by atoms with Gasteiger partial charge in [0.1, 0.15) is 11.5 Å². The van der Waals surface area contributed by atoms with E-state index in [0.29, 0.717) is 33.1 Å². The van der Waals surface area contributed by atoms with E-state index in [1.54, 1.807) is 59.2 Å². The first-order chi connectivity index (χ1) is 14.4. The van der Waals surface area contributed by atoms with Gasteiger partial charge in [-0.3, -0.25) is 4.79 Å². The summed E-state index contributed by atoms with van der Waals surface area (Å²) in [6.45, 7) is 0. The van der Waals surface area contributed by atoms with Crippen LogP contribution in [0.15, 0.2) is 72.8 Å². The Morgan fingerprint density at radius 1 is 0.900 bits per heavy atom. The molecule has 30 heavy (non-hydrogen) atoms. The Hall–Kier alpha value is -3.77. The third kappa shape index (κ3) is 3.73. The van der Waals surface area contributed by atoms with Gasteiger partial charge in [-0.05, 0) is 54.6 Å². The molecule has 0 unspecified atom stereocenters. The Balaban J connectivity index is 1.92. The van der Waals surface area contributed by atoms with Crippen LogP contribution < -0.4 is 4.74 Å². The molecule has 0 fully saturated rings. The zero-order valence-electron chi connectivity index (χ0n) is 15.6. The van der Waals surface area contributed by atoms with Gasteiger partial charge in [-0.2, -0.15) is 0 Å². The Morgan fingerprint density at radius 3 is 2.20 bits per heavy atom. The summed E-state index contributed by atoms with van der Waals surface area (Å²) in [4.78, 5) is 23.6. The van der Waals surface area contributed by atoms with Gasteiger partial charge in [0, 0.05) is 21.8 Å². The van der Waals surface area contributed by atoms with Gasteiger partial charge in [-0.1, -0.05) is 29.8 Å². The minimum atomic E-state index is -1.20. The zero-order valence-corrected chi connectivity index (χ0v) is 16.3. The number of hydrogen-bond acceptors (Lipinski definition) is 3. The van der Waals surface area contributed by atoms with Crippen molar-refractivity contribution in [2.45, 2.75) is 6.42 Å². The highest BCUT2D eigenvalue weighted by Crippen LogP contribution is 2.34. The van der Waals surface area contributed by atoms with Crippen LogP contribution in [0.4, 0.5) is 0 Å². The third-order valence-corrected chi connectivity index (χ3v) is 4.89. The van der Waals surface area contributed by atoms with Gasteiger partial charge in [0.25, 0.3) is 0 Å². The minimum absolute atomic E-state index is 0.0576. The number of carboxylic acid groups (broad SMARTS) is 2. The van der Waals surface area contributed by atoms with Crippen LogP contribution in [0.5, 0.6) is 11.5 Å². The Bertz CT molecular complexity index is 1250. The lowest BCUT2D eigenvalue weighted by atomic mass is 10.1. The van der Waals surface area contributed by atoms with E-state index in [0.717, 1.165) is 0 Å². The summed E-state index contributed by atoms with van der Waals surface area (Å²) >= 11 is 5.90. The Morgan fingerprint density at radius 2 is 1.57 bits per heavy atom. The highest BCUT2D eigenvalue weighted by molar-refractivity contribution is 6.30. The molecule has 0 bridgehead atoms. The summed E-state index contributed by atoms with van der Waals surface area (Å²) in [6.07, 6.45) is -0.432. The second-order valence-corrected chi connectivity index (χ2v) is 7.04. The maximum atomic E-state index is 12.1. The monoisotopic (exact) mass is 421 g/mol. The molecule has 0 aliphatic rings. The molecule has 0 saturated heterocycles. The molecule has 4 rings (SSSR count). The fraction of sp³-hybridized carbons (Fsp3) is 0.0435. The van der Waals surface area contributed by atoms with Crippen LogP contribution in [0.25, 0.3) is 16.6 Å². The first-order valence-electron chi connectivity index (χ1n) is 9.05. The molecule has 7 heteroatoms. The maximum Gasteiger partial charge on any atom is 0.338 e. The van der Waals surface area contributed by atoms with E-state index in [4.69, 9.17) is 16.3 Å². The van der Waals surface area contributed by atoms with Crippen molar-refractivity contribution in [1.82, 2.24) is 4.57 Å². The highest BCUT2D eigenvalue weighted by Gasteiger charge is 2.25. The number of aliphatic carboxylic acids is 1. The van der Waals surface area contributed by atoms with Crippen molar-refractivity contribution in [2.75, 3.05) is 0 Å². The van der Waals surface area contributed by atoms with Gasteiger partial charge < -0.3 is 19.5 Å². The van der Waals surface area contributed by atoms with Crippen molar-refractivity contribution >= 4 is 34.4 Å². The summed E-state index contributed by atoms with van der Waals surface area (Å²) in [5.41, 5.74) is 1.40. The lowest BCUT2D eigenvalue weighted by Gasteiger charge is -2.10. The third-order valence-electron chi connectivity index (χ3n) is 4.63. The molecule has 6 nitrogen and oxygen atoms in total. The number of carboxylic acids is 2. The van der Waals surface area contributed by atoms with Gasteiger partial charge >= 0.3 is 11.9 Å². The van der Waals surface area contributed by atoms with Crippen molar-refractivity contribution in [3.63, 3.8) is 0 Å². The first-order valence-corrected chi connectivity index (χ1v) is 9.43. The van der Waals surface area contributed by atoms with Crippen LogP contribution in [-0.2, 0) is 11.2 Å². The van der Waals surface area contributed by atoms with Crippen LogP contribution in [0.3, 0.4) is 0 Å². The first kappa shape index (κ1) is 19.5. The SMILES string of the molecule is O=C(O)Cc1c(C(=O)O)c2cc(Oc3ccc(Cl)cc3)ccc2n1-c1ccccc1.